The summed E-state index contributed by atoms with van der Waals surface area (Å²) in [4.78, 5) is 28.0. The number of hydrogen-bond donors (Lipinski definition) is 1. The maximum Gasteiger partial charge on any atom is 0.253 e. The summed E-state index contributed by atoms with van der Waals surface area (Å²) >= 11 is 0. The van der Waals surface area contributed by atoms with E-state index in [1.54, 1.807) is 28.8 Å². The summed E-state index contributed by atoms with van der Waals surface area (Å²) in [6, 6.07) is 9.22. The normalized spacial score (nSPS) is 14.7. The van der Waals surface area contributed by atoms with Crippen LogP contribution in [0.4, 0.5) is 0 Å². The van der Waals surface area contributed by atoms with Crippen molar-refractivity contribution >= 4 is 12.1 Å². The van der Waals surface area contributed by atoms with Gasteiger partial charge in [-0.2, -0.15) is 5.10 Å². The number of carbonyl (C=O) groups excluding carboxylic acids is 1. The molecule has 1 N–H and O–H groups in total. The zero-order valence-corrected chi connectivity index (χ0v) is 17.5. The monoisotopic (exact) mass is 434 g/mol. The topological polar surface area (TPSA) is 119 Å². The van der Waals surface area contributed by atoms with E-state index in [9.17, 15) is 9.59 Å². The van der Waals surface area contributed by atoms with Crippen molar-refractivity contribution in [3.63, 3.8) is 0 Å². The number of likely N-dealkylation sites (tertiary alicyclic amines) is 1. The molecule has 1 fully saturated rings. The molecule has 3 aromatic heterocycles. The molecule has 1 aliphatic heterocycles. The molecule has 1 aromatic carbocycles. The average molecular weight is 434 g/mol. The van der Waals surface area contributed by atoms with Crippen molar-refractivity contribution < 1.29 is 13.9 Å². The van der Waals surface area contributed by atoms with Gasteiger partial charge in [-0.25, -0.2) is 4.52 Å². The van der Waals surface area contributed by atoms with Gasteiger partial charge in [-0.05, 0) is 18.9 Å². The van der Waals surface area contributed by atoms with Crippen LogP contribution in [0.1, 0.15) is 35.9 Å². The van der Waals surface area contributed by atoms with Gasteiger partial charge in [0.15, 0.2) is 0 Å². The number of H-pyrrole nitrogens is 1. The van der Waals surface area contributed by atoms with Crippen LogP contribution in [-0.4, -0.2) is 56.3 Å². The largest absolute Gasteiger partial charge is 0.496 e. The Morgan fingerprint density at radius 3 is 2.84 bits per heavy atom. The molecule has 10 nitrogen and oxygen atoms in total. The van der Waals surface area contributed by atoms with Gasteiger partial charge in [0.1, 0.15) is 17.0 Å². The standard InChI is InChI=1S/C22H22N6O4/c1-31-18-5-3-2-4-15(18)10-20-25-26-22(32-20)16-12-23-28-17(11-19(30)24-21(16)28)14-6-8-27(13-29)9-7-14/h2-5,11-14H,6-10H2,1H3,(H,24,30). The first-order valence-corrected chi connectivity index (χ1v) is 10.4. The molecule has 0 radical (unpaired) electrons. The van der Waals surface area contributed by atoms with Crippen molar-refractivity contribution in [1.29, 1.82) is 0 Å². The highest BCUT2D eigenvalue weighted by atomic mass is 16.5. The second kappa shape index (κ2) is 8.29. The van der Waals surface area contributed by atoms with Crippen LogP contribution in [0.2, 0.25) is 0 Å². The Kier molecular flexibility index (Phi) is 5.18. The molecule has 164 valence electrons. The van der Waals surface area contributed by atoms with Crippen LogP contribution in [0.5, 0.6) is 5.75 Å². The van der Waals surface area contributed by atoms with E-state index < -0.39 is 0 Å². The fraction of sp³-hybridized carbons (Fsp3) is 0.318. The van der Waals surface area contributed by atoms with Gasteiger partial charge in [-0.15, -0.1) is 10.2 Å². The van der Waals surface area contributed by atoms with Crippen LogP contribution in [0, 0.1) is 0 Å². The second-order valence-corrected chi connectivity index (χ2v) is 7.78. The summed E-state index contributed by atoms with van der Waals surface area (Å²) in [5.41, 5.74) is 2.60. The van der Waals surface area contributed by atoms with E-state index in [1.165, 1.54) is 0 Å². The molecule has 10 heteroatoms. The first-order chi connectivity index (χ1) is 15.7. The van der Waals surface area contributed by atoms with Crippen molar-refractivity contribution in [2.75, 3.05) is 20.2 Å². The quantitative estimate of drug-likeness (QED) is 0.461. The van der Waals surface area contributed by atoms with Gasteiger partial charge < -0.3 is 19.0 Å². The summed E-state index contributed by atoms with van der Waals surface area (Å²) in [6.07, 6.45) is 4.46. The highest BCUT2D eigenvalue weighted by molar-refractivity contribution is 5.71. The number of carbonyl (C=O) groups is 1. The van der Waals surface area contributed by atoms with Crippen LogP contribution in [0.3, 0.4) is 0 Å². The minimum absolute atomic E-state index is 0.132. The molecule has 1 saturated heterocycles. The highest BCUT2D eigenvalue weighted by Gasteiger charge is 2.24. The molecule has 1 aliphatic rings. The Hall–Kier alpha value is -3.95. The highest BCUT2D eigenvalue weighted by Crippen LogP contribution is 2.30. The summed E-state index contributed by atoms with van der Waals surface area (Å²) < 4.78 is 13.0. The Balaban J connectivity index is 1.46. The zero-order valence-electron chi connectivity index (χ0n) is 17.5. The summed E-state index contributed by atoms with van der Waals surface area (Å²) in [5.74, 6) is 1.60. The van der Waals surface area contributed by atoms with Gasteiger partial charge in [0.25, 0.3) is 11.4 Å². The van der Waals surface area contributed by atoms with Gasteiger partial charge in [-0.3, -0.25) is 9.59 Å². The molecule has 0 spiro atoms. The van der Waals surface area contributed by atoms with E-state index in [0.717, 1.165) is 36.3 Å². The minimum atomic E-state index is -0.221. The fourth-order valence-electron chi connectivity index (χ4n) is 4.21. The third-order valence-corrected chi connectivity index (χ3v) is 5.86. The number of fused-ring (bicyclic) bond motifs is 1. The van der Waals surface area contributed by atoms with Crippen LogP contribution >= 0.6 is 0 Å². The molecule has 0 bridgehead atoms. The fourth-order valence-corrected chi connectivity index (χ4v) is 4.21. The lowest BCUT2D eigenvalue weighted by molar-refractivity contribution is -0.119. The van der Waals surface area contributed by atoms with Gasteiger partial charge in [0.2, 0.25) is 12.3 Å². The van der Waals surface area contributed by atoms with Crippen molar-refractivity contribution in [2.45, 2.75) is 25.2 Å². The number of para-hydroxylation sites is 1. The average Bonchev–Trinajstić information content (AvgIpc) is 3.45. The van der Waals surface area contributed by atoms with E-state index in [-0.39, 0.29) is 17.4 Å². The van der Waals surface area contributed by atoms with Crippen molar-refractivity contribution in [3.05, 3.63) is 64.0 Å². The number of amides is 1. The molecule has 0 saturated carbocycles. The SMILES string of the molecule is COc1ccccc1Cc1nnc(-c2cnn3c(C4CCN(C=O)CC4)cc(=O)[nH]c23)o1. The lowest BCUT2D eigenvalue weighted by Crippen LogP contribution is -2.32. The summed E-state index contributed by atoms with van der Waals surface area (Å²) in [5, 5.41) is 12.8. The van der Waals surface area contributed by atoms with Gasteiger partial charge in [0.05, 0.1) is 25.4 Å². The molecule has 1 amide bonds. The predicted molar refractivity (Wildman–Crippen MR) is 115 cm³/mol. The third kappa shape index (κ3) is 3.64. The number of aromatic amines is 1. The molecule has 5 rings (SSSR count). The molecule has 4 aromatic rings. The number of nitrogens with zero attached hydrogens (tertiary/aromatic N) is 5. The van der Waals surface area contributed by atoms with Crippen LogP contribution in [0.15, 0.2) is 45.7 Å². The predicted octanol–water partition coefficient (Wildman–Crippen LogP) is 2.01. The lowest BCUT2D eigenvalue weighted by Gasteiger charge is -2.29. The maximum atomic E-state index is 12.4. The number of ether oxygens (including phenoxy) is 1. The molecular weight excluding hydrogens is 412 g/mol. The van der Waals surface area contributed by atoms with E-state index in [4.69, 9.17) is 9.15 Å². The second-order valence-electron chi connectivity index (χ2n) is 7.78. The smallest absolute Gasteiger partial charge is 0.253 e. The Morgan fingerprint density at radius 1 is 1.25 bits per heavy atom. The van der Waals surface area contributed by atoms with Gasteiger partial charge in [-0.1, -0.05) is 18.2 Å². The van der Waals surface area contributed by atoms with E-state index >= 15 is 0 Å². The summed E-state index contributed by atoms with van der Waals surface area (Å²) in [7, 11) is 1.62. The van der Waals surface area contributed by atoms with E-state index in [0.29, 0.717) is 36.6 Å². The zero-order chi connectivity index (χ0) is 22.1. The Bertz CT molecular complexity index is 1320. The first-order valence-electron chi connectivity index (χ1n) is 10.4. The molecule has 0 atom stereocenters. The molecule has 4 heterocycles. The van der Waals surface area contributed by atoms with Gasteiger partial charge >= 0.3 is 0 Å². The number of piperidine rings is 1. The molecular formula is C22H22N6O4. The van der Waals surface area contributed by atoms with Crippen molar-refractivity contribution in [3.8, 4) is 17.2 Å². The molecule has 32 heavy (non-hydrogen) atoms. The van der Waals surface area contributed by atoms with E-state index in [2.05, 4.69) is 20.3 Å². The first kappa shape index (κ1) is 20.0. The van der Waals surface area contributed by atoms with Crippen molar-refractivity contribution in [2.24, 2.45) is 0 Å². The van der Waals surface area contributed by atoms with Crippen LogP contribution < -0.4 is 10.3 Å². The lowest BCUT2D eigenvalue weighted by atomic mass is 9.93. The maximum absolute atomic E-state index is 12.4. The van der Waals surface area contributed by atoms with Crippen molar-refractivity contribution in [1.82, 2.24) is 29.7 Å². The van der Waals surface area contributed by atoms with Crippen LogP contribution in [-0.2, 0) is 11.2 Å². The number of rotatable bonds is 6. The number of hydrogen-bond acceptors (Lipinski definition) is 7. The number of nitrogens with one attached hydrogen (secondary N) is 1. The molecule has 0 unspecified atom stereocenters. The minimum Gasteiger partial charge on any atom is -0.496 e. The third-order valence-electron chi connectivity index (χ3n) is 5.86. The Morgan fingerprint density at radius 2 is 2.06 bits per heavy atom. The van der Waals surface area contributed by atoms with Crippen LogP contribution in [0.25, 0.3) is 17.1 Å². The number of aromatic nitrogens is 5. The number of methoxy groups -OCH3 is 1. The summed E-state index contributed by atoms with van der Waals surface area (Å²) in [6.45, 7) is 1.32. The van der Waals surface area contributed by atoms with Gasteiger partial charge in [0, 0.05) is 30.6 Å². The molecule has 0 aliphatic carbocycles. The number of benzene rings is 1. The Labute approximate surface area is 182 Å². The van der Waals surface area contributed by atoms with E-state index in [1.807, 2.05) is 24.3 Å².